The molecule has 1 saturated heterocycles. The van der Waals surface area contributed by atoms with Crippen LogP contribution in [-0.4, -0.2) is 18.9 Å². The van der Waals surface area contributed by atoms with E-state index in [2.05, 4.69) is 26.1 Å². The van der Waals surface area contributed by atoms with Crippen molar-refractivity contribution in [2.24, 2.45) is 5.92 Å². The molecular formula is C8H17NO. The quantitative estimate of drug-likeness (QED) is 0.630. The first-order chi connectivity index (χ1) is 4.62. The van der Waals surface area contributed by atoms with Gasteiger partial charge in [-0.25, -0.2) is 0 Å². The van der Waals surface area contributed by atoms with Crippen molar-refractivity contribution in [1.82, 2.24) is 5.32 Å². The van der Waals surface area contributed by atoms with E-state index in [1.807, 2.05) is 0 Å². The maximum Gasteiger partial charge on any atom is 0.0974 e. The molecule has 0 saturated carbocycles. The molecule has 1 atom stereocenters. The van der Waals surface area contributed by atoms with E-state index in [0.717, 1.165) is 25.6 Å². The second-order valence-corrected chi connectivity index (χ2v) is 3.76. The predicted molar refractivity (Wildman–Crippen MR) is 41.8 cm³/mol. The number of nitrogens with one attached hydrogen (secondary N) is 1. The zero-order valence-electron chi connectivity index (χ0n) is 7.11. The van der Waals surface area contributed by atoms with Crippen LogP contribution in [0.5, 0.6) is 0 Å². The Balaban J connectivity index is 2.36. The lowest BCUT2D eigenvalue weighted by molar-refractivity contribution is 0.0105. The first kappa shape index (κ1) is 8.02. The van der Waals surface area contributed by atoms with Crippen LogP contribution in [0.4, 0.5) is 0 Å². The lowest BCUT2D eigenvalue weighted by atomic mass is 9.95. The summed E-state index contributed by atoms with van der Waals surface area (Å²) in [4.78, 5) is 0. The largest absolute Gasteiger partial charge is 0.359 e. The van der Waals surface area contributed by atoms with Crippen molar-refractivity contribution in [3.05, 3.63) is 0 Å². The first-order valence-corrected chi connectivity index (χ1v) is 3.97. The molecule has 0 amide bonds. The highest BCUT2D eigenvalue weighted by Gasteiger charge is 2.29. The summed E-state index contributed by atoms with van der Waals surface area (Å²) in [5.74, 6) is 0.727. The molecule has 10 heavy (non-hydrogen) atoms. The van der Waals surface area contributed by atoms with E-state index < -0.39 is 0 Å². The fourth-order valence-electron chi connectivity index (χ4n) is 1.59. The van der Waals surface area contributed by atoms with E-state index in [4.69, 9.17) is 4.74 Å². The van der Waals surface area contributed by atoms with Gasteiger partial charge in [0.25, 0.3) is 0 Å². The third-order valence-electron chi connectivity index (χ3n) is 1.86. The molecule has 1 rings (SSSR count). The van der Waals surface area contributed by atoms with E-state index in [0.29, 0.717) is 0 Å². The van der Waals surface area contributed by atoms with Crippen LogP contribution in [0.2, 0.25) is 0 Å². The molecule has 0 aromatic heterocycles. The molecule has 0 aromatic rings. The first-order valence-electron chi connectivity index (χ1n) is 3.97. The van der Waals surface area contributed by atoms with Gasteiger partial charge >= 0.3 is 0 Å². The summed E-state index contributed by atoms with van der Waals surface area (Å²) in [7, 11) is 0. The molecule has 1 aliphatic rings. The molecule has 0 aromatic carbocycles. The van der Waals surface area contributed by atoms with Gasteiger partial charge in [-0.1, -0.05) is 13.8 Å². The summed E-state index contributed by atoms with van der Waals surface area (Å²) < 4.78 is 5.54. The van der Waals surface area contributed by atoms with E-state index in [9.17, 15) is 0 Å². The van der Waals surface area contributed by atoms with Gasteiger partial charge in [-0.2, -0.15) is 0 Å². The summed E-state index contributed by atoms with van der Waals surface area (Å²) in [5, 5.41) is 3.20. The minimum absolute atomic E-state index is 0.105. The molecule has 0 spiro atoms. The molecule has 2 heteroatoms. The second-order valence-electron chi connectivity index (χ2n) is 3.76. The van der Waals surface area contributed by atoms with Gasteiger partial charge in [0.05, 0.1) is 12.3 Å². The zero-order chi connectivity index (χ0) is 7.61. The minimum Gasteiger partial charge on any atom is -0.359 e. The maximum absolute atomic E-state index is 5.54. The summed E-state index contributed by atoms with van der Waals surface area (Å²) in [6.07, 6.45) is 1.15. The predicted octanol–water partition coefficient (Wildman–Crippen LogP) is 1.37. The smallest absolute Gasteiger partial charge is 0.0974 e. The molecule has 1 aliphatic heterocycles. The highest BCUT2D eigenvalue weighted by molar-refractivity contribution is 4.82. The van der Waals surface area contributed by atoms with Crippen molar-refractivity contribution in [3.63, 3.8) is 0 Å². The van der Waals surface area contributed by atoms with Crippen LogP contribution >= 0.6 is 0 Å². The molecule has 1 unspecified atom stereocenters. The minimum atomic E-state index is 0.105. The van der Waals surface area contributed by atoms with E-state index >= 15 is 0 Å². The number of hydrogen-bond acceptors (Lipinski definition) is 2. The van der Waals surface area contributed by atoms with Crippen molar-refractivity contribution in [2.75, 3.05) is 13.3 Å². The van der Waals surface area contributed by atoms with Crippen LogP contribution in [0.25, 0.3) is 0 Å². The SMILES string of the molecule is CC(C)CC1(C)CNCO1. The third kappa shape index (κ3) is 1.96. The molecule has 2 nitrogen and oxygen atoms in total. The lowest BCUT2D eigenvalue weighted by Gasteiger charge is -2.23. The topological polar surface area (TPSA) is 21.3 Å². The van der Waals surface area contributed by atoms with Gasteiger partial charge in [0.1, 0.15) is 0 Å². The van der Waals surface area contributed by atoms with Crippen molar-refractivity contribution in [3.8, 4) is 0 Å². The van der Waals surface area contributed by atoms with Gasteiger partial charge in [-0.05, 0) is 19.3 Å². The van der Waals surface area contributed by atoms with E-state index in [-0.39, 0.29) is 5.60 Å². The van der Waals surface area contributed by atoms with Gasteiger partial charge < -0.3 is 4.74 Å². The van der Waals surface area contributed by atoms with Gasteiger partial charge in [-0.15, -0.1) is 0 Å². The van der Waals surface area contributed by atoms with Crippen LogP contribution < -0.4 is 5.32 Å². The van der Waals surface area contributed by atoms with Crippen molar-refractivity contribution < 1.29 is 4.74 Å². The molecule has 0 bridgehead atoms. The maximum atomic E-state index is 5.54. The third-order valence-corrected chi connectivity index (χ3v) is 1.86. The summed E-state index contributed by atoms with van der Waals surface area (Å²) in [6, 6.07) is 0. The standard InChI is InChI=1S/C8H17NO/c1-7(2)4-8(3)5-9-6-10-8/h7,9H,4-6H2,1-3H3. The fourth-order valence-corrected chi connectivity index (χ4v) is 1.59. The number of hydrogen-bond donors (Lipinski definition) is 1. The Kier molecular flexibility index (Phi) is 2.32. The molecule has 0 aliphatic carbocycles. The highest BCUT2D eigenvalue weighted by Crippen LogP contribution is 2.22. The Hall–Kier alpha value is -0.0800. The second kappa shape index (κ2) is 2.89. The number of ether oxygens (including phenoxy) is 1. The lowest BCUT2D eigenvalue weighted by Crippen LogP contribution is -2.30. The zero-order valence-corrected chi connectivity index (χ0v) is 7.11. The Labute approximate surface area is 63.0 Å². The van der Waals surface area contributed by atoms with E-state index in [1.54, 1.807) is 0 Å². The van der Waals surface area contributed by atoms with Crippen LogP contribution in [0, 0.1) is 5.92 Å². The van der Waals surface area contributed by atoms with Crippen molar-refractivity contribution in [2.45, 2.75) is 32.8 Å². The summed E-state index contributed by atoms with van der Waals surface area (Å²) >= 11 is 0. The molecule has 1 heterocycles. The molecule has 1 N–H and O–H groups in total. The van der Waals surface area contributed by atoms with Crippen molar-refractivity contribution in [1.29, 1.82) is 0 Å². The average Bonchev–Trinajstić information content (AvgIpc) is 2.12. The molecule has 60 valence electrons. The Morgan fingerprint density at radius 1 is 1.60 bits per heavy atom. The monoisotopic (exact) mass is 143 g/mol. The molecular weight excluding hydrogens is 126 g/mol. The van der Waals surface area contributed by atoms with Crippen LogP contribution in [0.1, 0.15) is 27.2 Å². The summed E-state index contributed by atoms with van der Waals surface area (Å²) in [5.41, 5.74) is 0.105. The number of rotatable bonds is 2. The average molecular weight is 143 g/mol. The normalized spacial score (nSPS) is 33.6. The molecule has 0 radical (unpaired) electrons. The van der Waals surface area contributed by atoms with Gasteiger partial charge in [0.2, 0.25) is 0 Å². The van der Waals surface area contributed by atoms with Gasteiger partial charge in [0, 0.05) is 6.54 Å². The highest BCUT2D eigenvalue weighted by atomic mass is 16.5. The van der Waals surface area contributed by atoms with Crippen LogP contribution in [-0.2, 0) is 4.74 Å². The van der Waals surface area contributed by atoms with Crippen molar-refractivity contribution >= 4 is 0 Å². The Morgan fingerprint density at radius 3 is 2.70 bits per heavy atom. The van der Waals surface area contributed by atoms with Crippen LogP contribution in [0.15, 0.2) is 0 Å². The Bertz CT molecular complexity index is 106. The van der Waals surface area contributed by atoms with Gasteiger partial charge in [-0.3, -0.25) is 5.32 Å². The van der Waals surface area contributed by atoms with Crippen LogP contribution in [0.3, 0.4) is 0 Å². The Morgan fingerprint density at radius 2 is 2.30 bits per heavy atom. The van der Waals surface area contributed by atoms with E-state index in [1.165, 1.54) is 0 Å². The molecule has 1 fully saturated rings. The fraction of sp³-hybridized carbons (Fsp3) is 1.00. The summed E-state index contributed by atoms with van der Waals surface area (Å²) in [6.45, 7) is 8.36. The van der Waals surface area contributed by atoms with Gasteiger partial charge in [0.15, 0.2) is 0 Å².